The van der Waals surface area contributed by atoms with Crippen molar-refractivity contribution in [1.29, 1.82) is 0 Å². The van der Waals surface area contributed by atoms with Crippen LogP contribution in [-0.4, -0.2) is 19.0 Å². The minimum absolute atomic E-state index is 0.169. The molecule has 1 amide bonds. The SMILES string of the molecule is Cc1cccc(N(C)C(=O)C[C@@H]2CCC[C@H]2N)c1. The predicted molar refractivity (Wildman–Crippen MR) is 74.5 cm³/mol. The van der Waals surface area contributed by atoms with Crippen LogP contribution in [0.3, 0.4) is 0 Å². The lowest BCUT2D eigenvalue weighted by molar-refractivity contribution is -0.119. The highest BCUT2D eigenvalue weighted by Gasteiger charge is 2.27. The highest BCUT2D eigenvalue weighted by molar-refractivity contribution is 5.93. The summed E-state index contributed by atoms with van der Waals surface area (Å²) in [5.41, 5.74) is 8.15. The predicted octanol–water partition coefficient (Wildman–Crippen LogP) is 2.48. The molecule has 2 N–H and O–H groups in total. The van der Waals surface area contributed by atoms with Crippen molar-refractivity contribution < 1.29 is 4.79 Å². The average Bonchev–Trinajstić information content (AvgIpc) is 2.74. The number of rotatable bonds is 3. The molecule has 0 radical (unpaired) electrons. The number of hydrogen-bond acceptors (Lipinski definition) is 2. The summed E-state index contributed by atoms with van der Waals surface area (Å²) in [6.07, 6.45) is 3.89. The zero-order chi connectivity index (χ0) is 13.1. The third-order valence-corrected chi connectivity index (χ3v) is 3.92. The van der Waals surface area contributed by atoms with Gasteiger partial charge in [0.1, 0.15) is 0 Å². The summed E-state index contributed by atoms with van der Waals surface area (Å²) in [4.78, 5) is 14.0. The van der Waals surface area contributed by atoms with Crippen LogP contribution in [0.25, 0.3) is 0 Å². The minimum Gasteiger partial charge on any atom is -0.327 e. The van der Waals surface area contributed by atoms with Gasteiger partial charge in [0.25, 0.3) is 0 Å². The van der Waals surface area contributed by atoms with Crippen molar-refractivity contribution in [3.63, 3.8) is 0 Å². The molecule has 2 rings (SSSR count). The fraction of sp³-hybridized carbons (Fsp3) is 0.533. The van der Waals surface area contributed by atoms with E-state index in [1.165, 1.54) is 5.56 Å². The Hall–Kier alpha value is -1.35. The van der Waals surface area contributed by atoms with E-state index < -0.39 is 0 Å². The summed E-state index contributed by atoms with van der Waals surface area (Å²) in [7, 11) is 1.84. The van der Waals surface area contributed by atoms with Crippen molar-refractivity contribution in [3.8, 4) is 0 Å². The Bertz CT molecular complexity index is 430. The van der Waals surface area contributed by atoms with Gasteiger partial charge in [-0.05, 0) is 43.4 Å². The molecule has 3 nitrogen and oxygen atoms in total. The molecule has 1 aromatic rings. The summed E-state index contributed by atoms with van der Waals surface area (Å²) in [6.45, 7) is 2.04. The van der Waals surface area contributed by atoms with Crippen LogP contribution in [0.2, 0.25) is 0 Å². The first-order chi connectivity index (χ1) is 8.58. The minimum atomic E-state index is 0.169. The van der Waals surface area contributed by atoms with Crippen LogP contribution in [0, 0.1) is 12.8 Å². The van der Waals surface area contributed by atoms with Crippen LogP contribution < -0.4 is 10.6 Å². The van der Waals surface area contributed by atoms with Gasteiger partial charge in [0.15, 0.2) is 0 Å². The number of benzene rings is 1. The van der Waals surface area contributed by atoms with Crippen molar-refractivity contribution >= 4 is 11.6 Å². The van der Waals surface area contributed by atoms with Gasteiger partial charge < -0.3 is 10.6 Å². The maximum Gasteiger partial charge on any atom is 0.227 e. The van der Waals surface area contributed by atoms with Crippen molar-refractivity contribution in [2.45, 2.75) is 38.6 Å². The molecule has 0 unspecified atom stereocenters. The molecule has 18 heavy (non-hydrogen) atoms. The number of amides is 1. The lowest BCUT2D eigenvalue weighted by Crippen LogP contribution is -2.32. The fourth-order valence-corrected chi connectivity index (χ4v) is 2.66. The van der Waals surface area contributed by atoms with E-state index in [1.54, 1.807) is 4.90 Å². The van der Waals surface area contributed by atoms with Gasteiger partial charge in [0, 0.05) is 25.2 Å². The first kappa shape index (κ1) is 13.1. The van der Waals surface area contributed by atoms with Crippen LogP contribution in [0.15, 0.2) is 24.3 Å². The van der Waals surface area contributed by atoms with Crippen LogP contribution in [-0.2, 0) is 4.79 Å². The monoisotopic (exact) mass is 246 g/mol. The number of hydrogen-bond donors (Lipinski definition) is 1. The normalized spacial score (nSPS) is 23.1. The van der Waals surface area contributed by atoms with Gasteiger partial charge in [0.05, 0.1) is 0 Å². The second kappa shape index (κ2) is 5.53. The summed E-state index contributed by atoms with van der Waals surface area (Å²) in [5.74, 6) is 0.535. The summed E-state index contributed by atoms with van der Waals surface area (Å²) in [5, 5.41) is 0. The molecular formula is C15H22N2O. The van der Waals surface area contributed by atoms with Crippen LogP contribution >= 0.6 is 0 Å². The fourth-order valence-electron chi connectivity index (χ4n) is 2.66. The van der Waals surface area contributed by atoms with Crippen LogP contribution in [0.5, 0.6) is 0 Å². The van der Waals surface area contributed by atoms with E-state index in [2.05, 4.69) is 0 Å². The second-order valence-electron chi connectivity index (χ2n) is 5.35. The highest BCUT2D eigenvalue weighted by Crippen LogP contribution is 2.28. The summed E-state index contributed by atoms with van der Waals surface area (Å²) >= 11 is 0. The molecular weight excluding hydrogens is 224 g/mol. The van der Waals surface area contributed by atoms with Gasteiger partial charge in [-0.1, -0.05) is 18.6 Å². The lowest BCUT2D eigenvalue weighted by atomic mass is 9.99. The van der Waals surface area contributed by atoms with Crippen molar-refractivity contribution in [2.75, 3.05) is 11.9 Å². The van der Waals surface area contributed by atoms with Gasteiger partial charge in [-0.25, -0.2) is 0 Å². The van der Waals surface area contributed by atoms with Gasteiger partial charge in [-0.2, -0.15) is 0 Å². The molecule has 0 spiro atoms. The van der Waals surface area contributed by atoms with E-state index in [-0.39, 0.29) is 11.9 Å². The number of nitrogens with two attached hydrogens (primary N) is 1. The zero-order valence-corrected chi connectivity index (χ0v) is 11.2. The molecule has 2 atom stereocenters. The molecule has 98 valence electrons. The maximum atomic E-state index is 12.2. The molecule has 0 aliphatic heterocycles. The third-order valence-electron chi connectivity index (χ3n) is 3.92. The zero-order valence-electron chi connectivity index (χ0n) is 11.2. The van der Waals surface area contributed by atoms with Crippen LogP contribution in [0.4, 0.5) is 5.69 Å². The molecule has 0 aromatic heterocycles. The number of aryl methyl sites for hydroxylation is 1. The first-order valence-corrected chi connectivity index (χ1v) is 6.66. The molecule has 1 saturated carbocycles. The van der Waals surface area contributed by atoms with E-state index in [4.69, 9.17) is 5.73 Å². The molecule has 0 heterocycles. The van der Waals surface area contributed by atoms with E-state index in [0.29, 0.717) is 12.3 Å². The highest BCUT2D eigenvalue weighted by atomic mass is 16.2. The number of anilines is 1. The Kier molecular flexibility index (Phi) is 4.02. The standard InChI is InChI=1S/C15H22N2O/c1-11-5-3-7-13(9-11)17(2)15(18)10-12-6-4-8-14(12)16/h3,5,7,9,12,14H,4,6,8,10,16H2,1-2H3/t12-,14+/m0/s1. The van der Waals surface area contributed by atoms with Gasteiger partial charge in [-0.3, -0.25) is 4.79 Å². The smallest absolute Gasteiger partial charge is 0.227 e. The molecule has 0 bridgehead atoms. The van der Waals surface area contributed by atoms with E-state index in [9.17, 15) is 4.79 Å². The maximum absolute atomic E-state index is 12.2. The Morgan fingerprint density at radius 2 is 2.22 bits per heavy atom. The molecule has 0 saturated heterocycles. The van der Waals surface area contributed by atoms with Crippen molar-refractivity contribution in [2.24, 2.45) is 11.7 Å². The summed E-state index contributed by atoms with van der Waals surface area (Å²) in [6, 6.07) is 8.23. The summed E-state index contributed by atoms with van der Waals surface area (Å²) < 4.78 is 0. The number of carbonyl (C=O) groups is 1. The molecule has 1 fully saturated rings. The Morgan fingerprint density at radius 1 is 1.44 bits per heavy atom. The molecule has 3 heteroatoms. The molecule has 1 aromatic carbocycles. The average molecular weight is 246 g/mol. The molecule has 1 aliphatic carbocycles. The Labute approximate surface area is 109 Å². The van der Waals surface area contributed by atoms with Crippen molar-refractivity contribution in [1.82, 2.24) is 0 Å². The molecule has 1 aliphatic rings. The van der Waals surface area contributed by atoms with E-state index >= 15 is 0 Å². The van der Waals surface area contributed by atoms with Crippen molar-refractivity contribution in [3.05, 3.63) is 29.8 Å². The Balaban J connectivity index is 2.00. The van der Waals surface area contributed by atoms with Gasteiger partial charge >= 0.3 is 0 Å². The van der Waals surface area contributed by atoms with Gasteiger partial charge in [-0.15, -0.1) is 0 Å². The topological polar surface area (TPSA) is 46.3 Å². The number of nitrogens with zero attached hydrogens (tertiary/aromatic N) is 1. The van der Waals surface area contributed by atoms with Crippen LogP contribution in [0.1, 0.15) is 31.2 Å². The quantitative estimate of drug-likeness (QED) is 0.890. The lowest BCUT2D eigenvalue weighted by Gasteiger charge is -2.21. The first-order valence-electron chi connectivity index (χ1n) is 6.66. The van der Waals surface area contributed by atoms with E-state index in [1.807, 2.05) is 38.2 Å². The largest absolute Gasteiger partial charge is 0.327 e. The van der Waals surface area contributed by atoms with E-state index in [0.717, 1.165) is 24.9 Å². The second-order valence-corrected chi connectivity index (χ2v) is 5.35. The van der Waals surface area contributed by atoms with Gasteiger partial charge in [0.2, 0.25) is 5.91 Å². The Morgan fingerprint density at radius 3 is 2.83 bits per heavy atom. The third kappa shape index (κ3) is 2.91. The number of carbonyl (C=O) groups excluding carboxylic acids is 1.